The number of rotatable bonds is 11. The number of hydrogen-bond donors (Lipinski definition) is 0. The highest BCUT2D eigenvalue weighted by atomic mass is 19.4. The number of hydrogen-bond acceptors (Lipinski definition) is 2. The Hall–Kier alpha value is -4.59. The summed E-state index contributed by atoms with van der Waals surface area (Å²) in [6.45, 7) is 10.8. The first kappa shape index (κ1) is 32.3. The van der Waals surface area contributed by atoms with E-state index in [1.807, 2.05) is 59.2 Å². The molecule has 1 aromatic heterocycles. The van der Waals surface area contributed by atoms with Crippen molar-refractivity contribution in [2.24, 2.45) is 0 Å². The Morgan fingerprint density at radius 3 is 2.11 bits per heavy atom. The molecule has 44 heavy (non-hydrogen) atoms. The van der Waals surface area contributed by atoms with Gasteiger partial charge in [-0.3, -0.25) is 9.59 Å². The third kappa shape index (κ3) is 8.49. The van der Waals surface area contributed by atoms with Crippen LogP contribution in [0.4, 0.5) is 13.2 Å². The van der Waals surface area contributed by atoms with E-state index in [0.29, 0.717) is 17.7 Å². The summed E-state index contributed by atoms with van der Waals surface area (Å²) in [7, 11) is 0. The average Bonchev–Trinajstić information content (AvgIpc) is 3.42. The van der Waals surface area contributed by atoms with Crippen molar-refractivity contribution < 1.29 is 22.8 Å². The Balaban J connectivity index is 1.56. The van der Waals surface area contributed by atoms with Crippen LogP contribution in [0, 0.1) is 0 Å². The van der Waals surface area contributed by atoms with Crippen LogP contribution in [0.3, 0.4) is 0 Å². The summed E-state index contributed by atoms with van der Waals surface area (Å²) in [5.41, 5.74) is 2.99. The van der Waals surface area contributed by atoms with Crippen molar-refractivity contribution in [1.29, 1.82) is 0 Å². The Morgan fingerprint density at radius 2 is 1.48 bits per heavy atom. The van der Waals surface area contributed by atoms with Crippen molar-refractivity contribution >= 4 is 11.8 Å². The molecule has 2 amide bonds. The molecular formula is C36H38F3N3O2. The van der Waals surface area contributed by atoms with Crippen molar-refractivity contribution in [3.05, 3.63) is 143 Å². The summed E-state index contributed by atoms with van der Waals surface area (Å²) in [4.78, 5) is 30.5. The van der Waals surface area contributed by atoms with E-state index in [2.05, 4.69) is 27.4 Å². The van der Waals surface area contributed by atoms with Gasteiger partial charge in [-0.15, -0.1) is 6.58 Å². The minimum absolute atomic E-state index is 0.0604. The Labute approximate surface area is 257 Å². The first-order chi connectivity index (χ1) is 20.8. The lowest BCUT2D eigenvalue weighted by Crippen LogP contribution is -2.42. The van der Waals surface area contributed by atoms with Crippen LogP contribution in [-0.2, 0) is 36.0 Å². The normalized spacial score (nSPS) is 11.7. The van der Waals surface area contributed by atoms with Gasteiger partial charge in [0.2, 0.25) is 5.91 Å². The minimum Gasteiger partial charge on any atom is -0.345 e. The zero-order valence-electron chi connectivity index (χ0n) is 25.3. The maximum absolute atomic E-state index is 13.9. The molecule has 4 aromatic rings. The second-order valence-electron chi connectivity index (χ2n) is 11.9. The van der Waals surface area contributed by atoms with Gasteiger partial charge in [-0.1, -0.05) is 81.4 Å². The molecule has 0 spiro atoms. The fraction of sp³-hybridized carbons (Fsp3) is 0.278. The highest BCUT2D eigenvalue weighted by Crippen LogP contribution is 2.30. The smallest absolute Gasteiger partial charge is 0.345 e. The second-order valence-corrected chi connectivity index (χ2v) is 11.9. The lowest BCUT2D eigenvalue weighted by atomic mass is 9.86. The monoisotopic (exact) mass is 601 g/mol. The molecule has 1 heterocycles. The fourth-order valence-corrected chi connectivity index (χ4v) is 4.96. The van der Waals surface area contributed by atoms with Gasteiger partial charge in [0.1, 0.15) is 6.54 Å². The van der Waals surface area contributed by atoms with Crippen LogP contribution in [0.25, 0.3) is 0 Å². The molecule has 0 saturated heterocycles. The average molecular weight is 602 g/mol. The van der Waals surface area contributed by atoms with E-state index in [1.165, 1.54) is 11.0 Å². The van der Waals surface area contributed by atoms with Crippen LogP contribution < -0.4 is 0 Å². The molecule has 0 aliphatic heterocycles. The topological polar surface area (TPSA) is 45.6 Å². The summed E-state index contributed by atoms with van der Waals surface area (Å²) in [6.07, 6.45) is -1.05. The molecule has 5 nitrogen and oxygen atoms in total. The van der Waals surface area contributed by atoms with Crippen LogP contribution in [-0.4, -0.2) is 39.3 Å². The molecule has 0 radical (unpaired) electrons. The largest absolute Gasteiger partial charge is 0.416 e. The Morgan fingerprint density at radius 1 is 0.795 bits per heavy atom. The van der Waals surface area contributed by atoms with Gasteiger partial charge in [0.15, 0.2) is 0 Å². The molecule has 4 rings (SSSR count). The van der Waals surface area contributed by atoms with Crippen LogP contribution in [0.5, 0.6) is 0 Å². The molecule has 0 saturated carbocycles. The van der Waals surface area contributed by atoms with Crippen LogP contribution >= 0.6 is 0 Å². The van der Waals surface area contributed by atoms with E-state index in [-0.39, 0.29) is 43.4 Å². The van der Waals surface area contributed by atoms with Crippen molar-refractivity contribution in [3.8, 4) is 0 Å². The predicted octanol–water partition coefficient (Wildman–Crippen LogP) is 7.71. The first-order valence-electron chi connectivity index (χ1n) is 14.5. The van der Waals surface area contributed by atoms with E-state index < -0.39 is 11.7 Å². The zero-order chi connectivity index (χ0) is 31.9. The van der Waals surface area contributed by atoms with Gasteiger partial charge in [-0.05, 0) is 58.5 Å². The van der Waals surface area contributed by atoms with Gasteiger partial charge >= 0.3 is 6.18 Å². The molecule has 0 atom stereocenters. The third-order valence-electron chi connectivity index (χ3n) is 7.41. The number of aromatic nitrogens is 1. The maximum Gasteiger partial charge on any atom is 0.416 e. The zero-order valence-corrected chi connectivity index (χ0v) is 25.3. The number of amides is 2. The van der Waals surface area contributed by atoms with E-state index in [4.69, 9.17) is 0 Å². The van der Waals surface area contributed by atoms with E-state index >= 15 is 0 Å². The van der Waals surface area contributed by atoms with Gasteiger partial charge in [-0.25, -0.2) is 0 Å². The number of nitrogens with zero attached hydrogens (tertiary/aromatic N) is 3. The van der Waals surface area contributed by atoms with E-state index in [0.717, 1.165) is 29.0 Å². The van der Waals surface area contributed by atoms with Crippen LogP contribution in [0.15, 0.2) is 110 Å². The molecule has 0 fully saturated rings. The maximum atomic E-state index is 13.9. The predicted molar refractivity (Wildman–Crippen MR) is 167 cm³/mol. The lowest BCUT2D eigenvalue weighted by molar-refractivity contribution is -0.137. The van der Waals surface area contributed by atoms with Gasteiger partial charge in [-0.2, -0.15) is 13.2 Å². The minimum atomic E-state index is -4.43. The van der Waals surface area contributed by atoms with E-state index in [1.54, 1.807) is 35.4 Å². The van der Waals surface area contributed by atoms with Crippen LogP contribution in [0.2, 0.25) is 0 Å². The molecule has 0 unspecified atom stereocenters. The van der Waals surface area contributed by atoms with Gasteiger partial charge < -0.3 is 14.4 Å². The molecule has 0 aliphatic rings. The third-order valence-corrected chi connectivity index (χ3v) is 7.41. The summed E-state index contributed by atoms with van der Waals surface area (Å²) in [5.74, 6) is -0.534. The standard InChI is InChI=1S/C36H38F3N3O2/c1-5-20-41(34(44)29-16-18-30(19-17-29)35(2,3)4)26-33(43)42(23-27-11-7-6-8-12-27)25-32-15-10-21-40(32)24-28-13-9-14-31(22-28)36(37,38)39/h5-19,21-22H,1,20,23-26H2,2-4H3. The van der Waals surface area contributed by atoms with Crippen molar-refractivity contribution in [2.45, 2.75) is 52.0 Å². The molecule has 0 N–H and O–H groups in total. The summed E-state index contributed by atoms with van der Waals surface area (Å²) < 4.78 is 41.7. The molecular weight excluding hydrogens is 563 g/mol. The summed E-state index contributed by atoms with van der Waals surface area (Å²) in [6, 6.07) is 25.9. The van der Waals surface area contributed by atoms with E-state index in [9.17, 15) is 22.8 Å². The molecule has 230 valence electrons. The Bertz CT molecular complexity index is 1570. The van der Waals surface area contributed by atoms with Gasteiger partial charge in [0, 0.05) is 37.1 Å². The number of benzene rings is 3. The highest BCUT2D eigenvalue weighted by molar-refractivity contribution is 5.96. The number of halogens is 3. The lowest BCUT2D eigenvalue weighted by Gasteiger charge is -2.28. The van der Waals surface area contributed by atoms with Crippen molar-refractivity contribution in [1.82, 2.24) is 14.4 Å². The van der Waals surface area contributed by atoms with Gasteiger partial charge in [0.05, 0.1) is 12.1 Å². The van der Waals surface area contributed by atoms with Crippen LogP contribution in [0.1, 0.15) is 59.1 Å². The SMILES string of the molecule is C=CCN(CC(=O)N(Cc1ccccc1)Cc1cccn1Cc1cccc(C(F)(F)F)c1)C(=O)c1ccc(C(C)(C)C)cc1. The molecule has 3 aromatic carbocycles. The van der Waals surface area contributed by atoms with Crippen molar-refractivity contribution in [3.63, 3.8) is 0 Å². The molecule has 0 bridgehead atoms. The first-order valence-corrected chi connectivity index (χ1v) is 14.5. The quantitative estimate of drug-likeness (QED) is 0.165. The Kier molecular flexibility index (Phi) is 10.1. The number of alkyl halides is 3. The summed E-state index contributed by atoms with van der Waals surface area (Å²) in [5, 5.41) is 0. The highest BCUT2D eigenvalue weighted by Gasteiger charge is 2.30. The second kappa shape index (κ2) is 13.8. The fourth-order valence-electron chi connectivity index (χ4n) is 4.96. The van der Waals surface area contributed by atoms with Crippen molar-refractivity contribution in [2.75, 3.05) is 13.1 Å². The number of carbonyl (C=O) groups excluding carboxylic acids is 2. The molecule has 0 aliphatic carbocycles. The number of carbonyl (C=O) groups is 2. The molecule has 8 heteroatoms. The van der Waals surface area contributed by atoms with Gasteiger partial charge in [0.25, 0.3) is 5.91 Å². The summed E-state index contributed by atoms with van der Waals surface area (Å²) >= 11 is 0.